The third-order valence-electron chi connectivity index (χ3n) is 3.77. The zero-order chi connectivity index (χ0) is 14.9. The van der Waals surface area contributed by atoms with Crippen LogP contribution in [0.1, 0.15) is 46.5 Å². The fraction of sp³-hybridized carbons (Fsp3) is 0.667. The highest BCUT2D eigenvalue weighted by molar-refractivity contribution is 5.70. The predicted octanol–water partition coefficient (Wildman–Crippen LogP) is 2.89. The monoisotopic (exact) mass is 273 g/mol. The molecule has 0 saturated carbocycles. The van der Waals surface area contributed by atoms with Crippen molar-refractivity contribution < 1.29 is 9.53 Å². The van der Waals surface area contributed by atoms with Gasteiger partial charge in [0.2, 0.25) is 0 Å². The van der Waals surface area contributed by atoms with Gasteiger partial charge in [-0.25, -0.2) is 4.79 Å². The van der Waals surface area contributed by atoms with Crippen LogP contribution in [0.3, 0.4) is 0 Å². The number of carbonyl (C=O) groups excluding carboxylic acids is 1. The van der Waals surface area contributed by atoms with E-state index < -0.39 is 5.60 Å². The van der Waals surface area contributed by atoms with E-state index >= 15 is 0 Å². The molecule has 5 heteroatoms. The zero-order valence-electron chi connectivity index (χ0n) is 12.1. The van der Waals surface area contributed by atoms with Crippen LogP contribution in [-0.4, -0.2) is 28.7 Å². The van der Waals surface area contributed by atoms with Gasteiger partial charge in [-0.15, -0.1) is 0 Å². The molecule has 0 N–H and O–H groups in total. The third-order valence-corrected chi connectivity index (χ3v) is 3.77. The normalized spacial score (nSPS) is 24.9. The van der Waals surface area contributed by atoms with E-state index in [0.717, 1.165) is 18.4 Å². The Labute approximate surface area is 119 Å². The van der Waals surface area contributed by atoms with Gasteiger partial charge >= 0.3 is 6.09 Å². The van der Waals surface area contributed by atoms with Crippen LogP contribution in [0, 0.1) is 22.7 Å². The second kappa shape index (κ2) is 5.17. The van der Waals surface area contributed by atoms with E-state index in [1.54, 1.807) is 4.90 Å². The molecular weight excluding hydrogens is 254 g/mol. The van der Waals surface area contributed by atoms with Crippen molar-refractivity contribution in [3.8, 4) is 12.1 Å². The minimum Gasteiger partial charge on any atom is -0.444 e. The van der Waals surface area contributed by atoms with E-state index in [1.807, 2.05) is 32.9 Å². The summed E-state index contributed by atoms with van der Waals surface area (Å²) in [6.45, 7) is 5.56. The molecular formula is C15H19N3O2. The van der Waals surface area contributed by atoms with E-state index in [2.05, 4.69) is 0 Å². The summed E-state index contributed by atoms with van der Waals surface area (Å²) in [6, 6.07) is 4.04. The molecule has 2 aliphatic heterocycles. The Bertz CT molecular complexity index is 499. The molecule has 5 nitrogen and oxygen atoms in total. The number of ether oxygens (including phenoxy) is 1. The van der Waals surface area contributed by atoms with Crippen molar-refractivity contribution in [3.05, 3.63) is 11.1 Å². The topological polar surface area (TPSA) is 77.1 Å². The lowest BCUT2D eigenvalue weighted by Crippen LogP contribution is -2.47. The standard InChI is InChI=1S/C15H19N3O2/c1-15(2,3)20-14(19)18-12-4-5-13(18)7-10(6-12)11(8-16)9-17/h12-13H,4-7H2,1-3H3. The number of fused-ring (bicyclic) bond motifs is 2. The van der Waals surface area contributed by atoms with Gasteiger partial charge in [-0.05, 0) is 52.0 Å². The maximum Gasteiger partial charge on any atom is 0.410 e. The molecule has 2 unspecified atom stereocenters. The van der Waals surface area contributed by atoms with Crippen molar-refractivity contribution in [2.45, 2.75) is 64.1 Å². The predicted molar refractivity (Wildman–Crippen MR) is 72.4 cm³/mol. The number of piperidine rings is 1. The van der Waals surface area contributed by atoms with Crippen LogP contribution in [0.25, 0.3) is 0 Å². The Morgan fingerprint density at radius 3 is 2.10 bits per heavy atom. The minimum absolute atomic E-state index is 0.0651. The Morgan fingerprint density at radius 1 is 1.20 bits per heavy atom. The molecule has 2 bridgehead atoms. The first-order valence-electron chi connectivity index (χ1n) is 6.89. The maximum atomic E-state index is 12.2. The number of hydrogen-bond donors (Lipinski definition) is 0. The molecule has 0 aromatic rings. The van der Waals surface area contributed by atoms with Crippen molar-refractivity contribution in [2.75, 3.05) is 0 Å². The van der Waals surface area contributed by atoms with Gasteiger partial charge in [0.1, 0.15) is 23.3 Å². The first-order valence-corrected chi connectivity index (χ1v) is 6.89. The Kier molecular flexibility index (Phi) is 3.72. The second-order valence-corrected chi connectivity index (χ2v) is 6.38. The van der Waals surface area contributed by atoms with Crippen molar-refractivity contribution in [2.24, 2.45) is 0 Å². The van der Waals surface area contributed by atoms with Gasteiger partial charge in [-0.2, -0.15) is 10.5 Å². The maximum absolute atomic E-state index is 12.2. The molecule has 0 spiro atoms. The minimum atomic E-state index is -0.503. The lowest BCUT2D eigenvalue weighted by molar-refractivity contribution is 0.0115. The van der Waals surface area contributed by atoms with Gasteiger partial charge in [0, 0.05) is 12.1 Å². The zero-order valence-corrected chi connectivity index (χ0v) is 12.1. The summed E-state index contributed by atoms with van der Waals surface area (Å²) in [6.07, 6.45) is 2.78. The van der Waals surface area contributed by atoms with Crippen LogP contribution in [0.5, 0.6) is 0 Å². The van der Waals surface area contributed by atoms with E-state index in [1.165, 1.54) is 0 Å². The molecule has 2 rings (SSSR count). The first-order chi connectivity index (χ1) is 9.35. The highest BCUT2D eigenvalue weighted by Gasteiger charge is 2.43. The van der Waals surface area contributed by atoms with Crippen molar-refractivity contribution in [1.82, 2.24) is 4.90 Å². The van der Waals surface area contributed by atoms with Gasteiger partial charge < -0.3 is 9.64 Å². The Hall–Kier alpha value is -2.01. The summed E-state index contributed by atoms with van der Waals surface area (Å²) in [4.78, 5) is 14.1. The molecule has 2 atom stereocenters. The van der Waals surface area contributed by atoms with Gasteiger partial charge in [0.25, 0.3) is 0 Å². The molecule has 2 saturated heterocycles. The fourth-order valence-corrected chi connectivity index (χ4v) is 3.01. The molecule has 2 fully saturated rings. The fourth-order valence-electron chi connectivity index (χ4n) is 3.01. The average molecular weight is 273 g/mol. The molecule has 2 heterocycles. The number of nitrogens with zero attached hydrogens (tertiary/aromatic N) is 3. The number of amides is 1. The average Bonchev–Trinajstić information content (AvgIpc) is 2.61. The van der Waals surface area contributed by atoms with Gasteiger partial charge in [0.05, 0.1) is 0 Å². The van der Waals surface area contributed by atoms with Gasteiger partial charge in [-0.3, -0.25) is 0 Å². The number of allylic oxidation sites excluding steroid dienone is 1. The highest BCUT2D eigenvalue weighted by atomic mass is 16.6. The summed E-state index contributed by atoms with van der Waals surface area (Å²) < 4.78 is 5.45. The molecule has 0 aromatic heterocycles. The number of nitriles is 2. The van der Waals surface area contributed by atoms with E-state index in [-0.39, 0.29) is 23.8 Å². The summed E-state index contributed by atoms with van der Waals surface area (Å²) in [5, 5.41) is 17.9. The quantitative estimate of drug-likeness (QED) is 0.636. The van der Waals surface area contributed by atoms with Crippen LogP contribution >= 0.6 is 0 Å². The third kappa shape index (κ3) is 2.77. The Balaban J connectivity index is 2.16. The number of carbonyl (C=O) groups is 1. The van der Waals surface area contributed by atoms with Crippen molar-refractivity contribution in [3.63, 3.8) is 0 Å². The molecule has 1 amide bonds. The van der Waals surface area contributed by atoms with E-state index in [9.17, 15) is 4.79 Å². The highest BCUT2D eigenvalue weighted by Crippen LogP contribution is 2.40. The lowest BCUT2D eigenvalue weighted by Gasteiger charge is -2.37. The molecule has 106 valence electrons. The van der Waals surface area contributed by atoms with Crippen LogP contribution < -0.4 is 0 Å². The summed E-state index contributed by atoms with van der Waals surface area (Å²) in [5.74, 6) is 0. The van der Waals surface area contributed by atoms with Crippen LogP contribution in [0.4, 0.5) is 4.79 Å². The largest absolute Gasteiger partial charge is 0.444 e. The second-order valence-electron chi connectivity index (χ2n) is 6.38. The van der Waals surface area contributed by atoms with Gasteiger partial charge in [0.15, 0.2) is 0 Å². The summed E-state index contributed by atoms with van der Waals surface area (Å²) in [7, 11) is 0. The van der Waals surface area contributed by atoms with E-state index in [0.29, 0.717) is 12.8 Å². The van der Waals surface area contributed by atoms with Crippen LogP contribution in [0.2, 0.25) is 0 Å². The van der Waals surface area contributed by atoms with Gasteiger partial charge in [-0.1, -0.05) is 0 Å². The summed E-state index contributed by atoms with van der Waals surface area (Å²) in [5.41, 5.74) is 0.602. The van der Waals surface area contributed by atoms with E-state index in [4.69, 9.17) is 15.3 Å². The molecule has 20 heavy (non-hydrogen) atoms. The molecule has 0 radical (unpaired) electrons. The molecule has 2 aliphatic rings. The SMILES string of the molecule is CC(C)(C)OC(=O)N1C2CCC1CC(=C(C#N)C#N)C2. The van der Waals surface area contributed by atoms with Crippen LogP contribution in [0.15, 0.2) is 11.1 Å². The molecule has 0 aliphatic carbocycles. The van der Waals surface area contributed by atoms with Crippen molar-refractivity contribution >= 4 is 6.09 Å². The number of hydrogen-bond acceptors (Lipinski definition) is 4. The summed E-state index contributed by atoms with van der Waals surface area (Å²) >= 11 is 0. The Morgan fingerprint density at radius 2 is 1.70 bits per heavy atom. The molecule has 0 aromatic carbocycles. The van der Waals surface area contributed by atoms with Crippen LogP contribution in [-0.2, 0) is 4.74 Å². The first kappa shape index (κ1) is 14.4. The smallest absolute Gasteiger partial charge is 0.410 e. The van der Waals surface area contributed by atoms with Crippen molar-refractivity contribution in [1.29, 1.82) is 10.5 Å². The number of rotatable bonds is 0. The lowest BCUT2D eigenvalue weighted by atomic mass is 9.93.